The van der Waals surface area contributed by atoms with Crippen LogP contribution in [0.4, 0.5) is 0 Å². The number of hydrogen-bond donors (Lipinski definition) is 1. The van der Waals surface area contributed by atoms with Crippen LogP contribution in [0.2, 0.25) is 0 Å². The van der Waals surface area contributed by atoms with Crippen LogP contribution in [0.1, 0.15) is 39.2 Å². The van der Waals surface area contributed by atoms with Crippen molar-refractivity contribution in [3.63, 3.8) is 0 Å². The third-order valence-corrected chi connectivity index (χ3v) is 5.11. The van der Waals surface area contributed by atoms with Crippen molar-refractivity contribution in [1.29, 1.82) is 0 Å². The summed E-state index contributed by atoms with van der Waals surface area (Å²) in [4.78, 5) is 15.7. The minimum Gasteiger partial charge on any atom is -0.497 e. The molecule has 0 saturated carbocycles. The molecule has 0 bridgehead atoms. The number of methoxy groups -OCH3 is 1. The summed E-state index contributed by atoms with van der Waals surface area (Å²) in [7, 11) is 1.59. The lowest BCUT2D eigenvalue weighted by Gasteiger charge is -2.14. The first-order valence-corrected chi connectivity index (χ1v) is 10.8. The van der Waals surface area contributed by atoms with E-state index in [1.165, 1.54) is 11.1 Å². The molecule has 3 aromatic rings. The molecule has 0 aliphatic rings. The average Bonchev–Trinajstić information content (AvgIpc) is 2.78. The van der Waals surface area contributed by atoms with Crippen molar-refractivity contribution in [3.05, 3.63) is 87.7 Å². The first kappa shape index (κ1) is 23.2. The predicted octanol–water partition coefficient (Wildman–Crippen LogP) is 6.19. The van der Waals surface area contributed by atoms with Gasteiger partial charge in [-0.1, -0.05) is 47.6 Å². The number of nitrogens with one attached hydrogen (secondary N) is 1. The van der Waals surface area contributed by atoms with Gasteiger partial charge in [-0.05, 0) is 57.4 Å². The highest BCUT2D eigenvalue weighted by Crippen LogP contribution is 2.34. The van der Waals surface area contributed by atoms with E-state index in [0.717, 1.165) is 23.8 Å². The fourth-order valence-electron chi connectivity index (χ4n) is 3.32. The molecule has 0 radical (unpaired) electrons. The molecule has 0 aliphatic carbocycles. The quantitative estimate of drug-likeness (QED) is 0.388. The number of fused-ring (bicyclic) bond motifs is 1. The predicted molar refractivity (Wildman–Crippen MR) is 130 cm³/mol. The van der Waals surface area contributed by atoms with Crippen molar-refractivity contribution < 1.29 is 14.2 Å². The molecule has 2 aromatic carbocycles. The van der Waals surface area contributed by atoms with Crippen LogP contribution in [0.5, 0.6) is 17.2 Å². The first-order chi connectivity index (χ1) is 15.5. The highest BCUT2D eigenvalue weighted by atomic mass is 16.5. The van der Waals surface area contributed by atoms with E-state index in [4.69, 9.17) is 14.2 Å². The highest BCUT2D eigenvalue weighted by molar-refractivity contribution is 5.88. The number of pyridine rings is 1. The monoisotopic (exact) mass is 433 g/mol. The SMILES string of the molecule is COc1ccc2c(OC/C=C(\C)CCC=C(C)C)c(OCc3ccccc3)c(=O)[nH]c2c1. The summed E-state index contributed by atoms with van der Waals surface area (Å²) in [5, 5.41) is 0.768. The van der Waals surface area contributed by atoms with Crippen LogP contribution in [0.3, 0.4) is 0 Å². The largest absolute Gasteiger partial charge is 0.497 e. The minimum absolute atomic E-state index is 0.183. The molecule has 0 atom stereocenters. The number of hydrogen-bond acceptors (Lipinski definition) is 4. The number of aromatic amines is 1. The Balaban J connectivity index is 1.87. The second kappa shape index (κ2) is 11.2. The topological polar surface area (TPSA) is 60.6 Å². The Bertz CT molecular complexity index is 1160. The molecule has 5 heteroatoms. The third-order valence-electron chi connectivity index (χ3n) is 5.11. The van der Waals surface area contributed by atoms with Crippen molar-refractivity contribution in [2.24, 2.45) is 0 Å². The molecule has 5 nitrogen and oxygen atoms in total. The Morgan fingerprint density at radius 2 is 1.75 bits per heavy atom. The number of aromatic nitrogens is 1. The maximum atomic E-state index is 12.9. The van der Waals surface area contributed by atoms with Crippen molar-refractivity contribution in [2.45, 2.75) is 40.2 Å². The first-order valence-electron chi connectivity index (χ1n) is 10.8. The van der Waals surface area contributed by atoms with E-state index in [-0.39, 0.29) is 17.9 Å². The number of rotatable bonds is 10. The summed E-state index contributed by atoms with van der Waals surface area (Å²) >= 11 is 0. The number of allylic oxidation sites excluding steroid dienone is 3. The van der Waals surface area contributed by atoms with Crippen LogP contribution in [0, 0.1) is 0 Å². The van der Waals surface area contributed by atoms with Crippen LogP contribution in [-0.4, -0.2) is 18.7 Å². The van der Waals surface area contributed by atoms with Gasteiger partial charge in [-0.25, -0.2) is 0 Å². The summed E-state index contributed by atoms with van der Waals surface area (Å²) in [5.41, 5.74) is 3.84. The Kier molecular flexibility index (Phi) is 8.14. The maximum absolute atomic E-state index is 12.9. The zero-order valence-electron chi connectivity index (χ0n) is 19.2. The molecule has 0 spiro atoms. The summed E-state index contributed by atoms with van der Waals surface area (Å²) in [6, 6.07) is 15.2. The summed E-state index contributed by atoms with van der Waals surface area (Å²) in [6.45, 7) is 6.93. The van der Waals surface area contributed by atoms with E-state index < -0.39 is 0 Å². The molecule has 0 amide bonds. The number of benzene rings is 2. The Hall–Kier alpha value is -3.47. The molecule has 168 valence electrons. The highest BCUT2D eigenvalue weighted by Gasteiger charge is 2.16. The van der Waals surface area contributed by atoms with Gasteiger partial charge >= 0.3 is 0 Å². The van der Waals surface area contributed by atoms with Crippen molar-refractivity contribution in [3.8, 4) is 17.2 Å². The average molecular weight is 434 g/mol. The zero-order chi connectivity index (χ0) is 22.9. The van der Waals surface area contributed by atoms with Gasteiger partial charge in [0.15, 0.2) is 5.75 Å². The molecular formula is C27H31NO4. The normalized spacial score (nSPS) is 11.3. The molecule has 32 heavy (non-hydrogen) atoms. The van der Waals surface area contributed by atoms with E-state index >= 15 is 0 Å². The van der Waals surface area contributed by atoms with Gasteiger partial charge in [0, 0.05) is 11.5 Å². The summed E-state index contributed by atoms with van der Waals surface area (Å²) in [5.74, 6) is 1.28. The van der Waals surface area contributed by atoms with Crippen molar-refractivity contribution >= 4 is 10.9 Å². The van der Waals surface area contributed by atoms with Gasteiger partial charge in [0.05, 0.1) is 12.6 Å². The minimum atomic E-state index is -0.332. The van der Waals surface area contributed by atoms with Gasteiger partial charge in [0.2, 0.25) is 5.75 Å². The fraction of sp³-hybridized carbons (Fsp3) is 0.296. The Morgan fingerprint density at radius 1 is 0.969 bits per heavy atom. The van der Waals surface area contributed by atoms with Crippen molar-refractivity contribution in [2.75, 3.05) is 13.7 Å². The zero-order valence-corrected chi connectivity index (χ0v) is 19.2. The van der Waals surface area contributed by atoms with Crippen LogP contribution in [-0.2, 0) is 6.61 Å². The molecule has 0 unspecified atom stereocenters. The van der Waals surface area contributed by atoms with Gasteiger partial charge < -0.3 is 19.2 Å². The molecule has 0 saturated heterocycles. The smallest absolute Gasteiger partial charge is 0.294 e. The molecule has 1 N–H and O–H groups in total. The molecule has 3 rings (SSSR count). The molecule has 1 heterocycles. The summed E-state index contributed by atoms with van der Waals surface area (Å²) in [6.07, 6.45) is 6.25. The van der Waals surface area contributed by atoms with Crippen molar-refractivity contribution in [1.82, 2.24) is 4.98 Å². The lowest BCUT2D eigenvalue weighted by atomic mass is 10.1. The van der Waals surface area contributed by atoms with Gasteiger partial charge in [-0.2, -0.15) is 0 Å². The second-order valence-corrected chi connectivity index (χ2v) is 7.98. The molecule has 1 aromatic heterocycles. The number of ether oxygens (including phenoxy) is 3. The van der Waals surface area contributed by atoms with Gasteiger partial charge in [-0.3, -0.25) is 4.79 Å². The lowest BCUT2D eigenvalue weighted by Crippen LogP contribution is -2.14. The van der Waals surface area contributed by atoms with Gasteiger partial charge in [0.25, 0.3) is 5.56 Å². The van der Waals surface area contributed by atoms with Gasteiger partial charge in [0.1, 0.15) is 19.0 Å². The van der Waals surface area contributed by atoms with Crippen LogP contribution < -0.4 is 19.8 Å². The number of H-pyrrole nitrogens is 1. The Morgan fingerprint density at radius 3 is 2.47 bits per heavy atom. The van der Waals surface area contributed by atoms with Crippen LogP contribution in [0.15, 0.2) is 76.6 Å². The standard InChI is InChI=1S/C27H31NO4/c1-19(2)9-8-10-20(3)15-16-31-25-23-14-13-22(30-4)17-24(23)28-27(29)26(25)32-18-21-11-6-5-7-12-21/h5-7,9,11-15,17H,8,10,16,18H2,1-4H3,(H,28,29)/b20-15+. The van der Waals surface area contributed by atoms with E-state index in [1.54, 1.807) is 13.2 Å². The maximum Gasteiger partial charge on any atom is 0.294 e. The fourth-order valence-corrected chi connectivity index (χ4v) is 3.32. The van der Waals surface area contributed by atoms with E-state index in [9.17, 15) is 4.79 Å². The lowest BCUT2D eigenvalue weighted by molar-refractivity contribution is 0.273. The third kappa shape index (κ3) is 6.27. The molecular weight excluding hydrogens is 402 g/mol. The molecule has 0 fully saturated rings. The van der Waals surface area contributed by atoms with E-state index in [1.807, 2.05) is 42.5 Å². The van der Waals surface area contributed by atoms with Crippen LogP contribution >= 0.6 is 0 Å². The van der Waals surface area contributed by atoms with E-state index in [2.05, 4.69) is 37.9 Å². The Labute approximate surface area is 189 Å². The molecule has 0 aliphatic heterocycles. The second-order valence-electron chi connectivity index (χ2n) is 7.98. The van der Waals surface area contributed by atoms with Crippen LogP contribution in [0.25, 0.3) is 10.9 Å². The van der Waals surface area contributed by atoms with Gasteiger partial charge in [-0.15, -0.1) is 0 Å². The summed E-state index contributed by atoms with van der Waals surface area (Å²) < 4.78 is 17.3. The van der Waals surface area contributed by atoms with E-state index in [0.29, 0.717) is 23.6 Å².